The predicted octanol–water partition coefficient (Wildman–Crippen LogP) is 0.384. The average Bonchev–Trinajstić information content (AvgIpc) is 2.41. The fourth-order valence-electron chi connectivity index (χ4n) is 1.58. The molecule has 2 amide bonds. The first-order valence-electron chi connectivity index (χ1n) is 5.51. The van der Waals surface area contributed by atoms with E-state index < -0.39 is 18.4 Å². The molecular formula is C12H14N2O4. The summed E-state index contributed by atoms with van der Waals surface area (Å²) in [5, 5.41) is 4.93. The van der Waals surface area contributed by atoms with Crippen LogP contribution in [-0.2, 0) is 20.9 Å². The number of carbonyl (C=O) groups is 2. The highest BCUT2D eigenvalue weighted by Gasteiger charge is 2.41. The molecule has 1 saturated heterocycles. The van der Waals surface area contributed by atoms with Crippen LogP contribution >= 0.6 is 0 Å². The summed E-state index contributed by atoms with van der Waals surface area (Å²) in [6, 6.07) is 8.61. The second-order valence-electron chi connectivity index (χ2n) is 3.85. The quantitative estimate of drug-likeness (QED) is 0.758. The summed E-state index contributed by atoms with van der Waals surface area (Å²) in [6.45, 7) is 0.165. The molecule has 0 spiro atoms. The smallest absolute Gasteiger partial charge is 0.408 e. The maximum Gasteiger partial charge on any atom is 0.408 e. The number of β-lactam (4-membered cyclic amide) rings is 1. The van der Waals surface area contributed by atoms with E-state index >= 15 is 0 Å². The van der Waals surface area contributed by atoms with E-state index in [0.717, 1.165) is 5.56 Å². The van der Waals surface area contributed by atoms with Crippen LogP contribution in [0.5, 0.6) is 0 Å². The number of benzene rings is 1. The lowest BCUT2D eigenvalue weighted by molar-refractivity contribution is -0.143. The van der Waals surface area contributed by atoms with Gasteiger partial charge in [0.15, 0.2) is 12.3 Å². The number of alkyl carbamates (subject to hydrolysis) is 1. The fourth-order valence-corrected chi connectivity index (χ4v) is 1.58. The molecule has 2 atom stereocenters. The summed E-state index contributed by atoms with van der Waals surface area (Å²) in [5.74, 6) is -0.279. The third-order valence-corrected chi connectivity index (χ3v) is 2.61. The first-order chi connectivity index (χ1) is 8.70. The first-order valence-corrected chi connectivity index (χ1v) is 5.51. The van der Waals surface area contributed by atoms with Crippen LogP contribution in [0.25, 0.3) is 0 Å². The summed E-state index contributed by atoms with van der Waals surface area (Å²) in [5.41, 5.74) is 0.883. The van der Waals surface area contributed by atoms with E-state index in [0.29, 0.717) is 0 Å². The van der Waals surface area contributed by atoms with Crippen molar-refractivity contribution in [2.45, 2.75) is 18.9 Å². The Morgan fingerprint density at radius 1 is 1.39 bits per heavy atom. The fraction of sp³-hybridized carbons (Fsp3) is 0.333. The summed E-state index contributed by atoms with van der Waals surface area (Å²) in [6.07, 6.45) is -1.12. The number of carbonyl (C=O) groups excluding carboxylic acids is 2. The number of rotatable bonds is 4. The van der Waals surface area contributed by atoms with Crippen LogP contribution in [0, 0.1) is 0 Å². The van der Waals surface area contributed by atoms with Gasteiger partial charge in [-0.15, -0.1) is 0 Å². The second kappa shape index (κ2) is 5.50. The van der Waals surface area contributed by atoms with E-state index in [1.807, 2.05) is 30.3 Å². The molecule has 0 saturated carbocycles. The van der Waals surface area contributed by atoms with Gasteiger partial charge in [0.2, 0.25) is 5.91 Å². The predicted molar refractivity (Wildman–Crippen MR) is 62.5 cm³/mol. The maximum atomic E-state index is 11.5. The second-order valence-corrected chi connectivity index (χ2v) is 3.85. The normalized spacial score (nSPS) is 21.7. The van der Waals surface area contributed by atoms with Crippen molar-refractivity contribution in [3.8, 4) is 0 Å². The Hall–Kier alpha value is -2.08. The minimum atomic E-state index is -0.682. The summed E-state index contributed by atoms with van der Waals surface area (Å²) < 4.78 is 9.92. The van der Waals surface area contributed by atoms with Crippen molar-refractivity contribution in [3.63, 3.8) is 0 Å². The van der Waals surface area contributed by atoms with Gasteiger partial charge < -0.3 is 20.1 Å². The lowest BCUT2D eigenvalue weighted by Crippen LogP contribution is -2.69. The lowest BCUT2D eigenvalue weighted by Gasteiger charge is -2.35. The zero-order valence-corrected chi connectivity index (χ0v) is 9.88. The highest BCUT2D eigenvalue weighted by atomic mass is 16.5. The molecule has 0 radical (unpaired) electrons. The van der Waals surface area contributed by atoms with Crippen LogP contribution in [0.2, 0.25) is 0 Å². The van der Waals surface area contributed by atoms with Crippen molar-refractivity contribution >= 4 is 12.0 Å². The van der Waals surface area contributed by atoms with Gasteiger partial charge in [0.1, 0.15) is 6.61 Å². The van der Waals surface area contributed by atoms with Gasteiger partial charge in [-0.1, -0.05) is 30.3 Å². The zero-order valence-electron chi connectivity index (χ0n) is 9.88. The molecule has 1 heterocycles. The molecular weight excluding hydrogens is 236 g/mol. The van der Waals surface area contributed by atoms with Gasteiger partial charge in [0.25, 0.3) is 0 Å². The number of nitrogens with one attached hydrogen (secondary N) is 2. The Labute approximate surface area is 104 Å². The van der Waals surface area contributed by atoms with E-state index in [1.165, 1.54) is 7.11 Å². The topological polar surface area (TPSA) is 76.7 Å². The SMILES string of the molecule is CO[C@@H]1NC(=O)[C@@H]1NC(=O)OCc1ccccc1. The van der Waals surface area contributed by atoms with Gasteiger partial charge >= 0.3 is 6.09 Å². The van der Waals surface area contributed by atoms with Gasteiger partial charge in [-0.2, -0.15) is 0 Å². The first kappa shape index (κ1) is 12.4. The Kier molecular flexibility index (Phi) is 3.78. The third kappa shape index (κ3) is 2.78. The summed E-state index contributed by atoms with van der Waals surface area (Å²) in [7, 11) is 1.45. The van der Waals surface area contributed by atoms with Gasteiger partial charge in [0, 0.05) is 7.11 Å². The molecule has 0 aliphatic carbocycles. The molecule has 6 heteroatoms. The Morgan fingerprint density at radius 2 is 2.11 bits per heavy atom. The molecule has 2 rings (SSSR count). The number of hydrogen-bond donors (Lipinski definition) is 2. The molecule has 2 N–H and O–H groups in total. The molecule has 0 unspecified atom stereocenters. The van der Waals surface area contributed by atoms with Crippen LogP contribution in [0.1, 0.15) is 5.56 Å². The molecule has 1 aromatic rings. The number of methoxy groups -OCH3 is 1. The number of amides is 2. The van der Waals surface area contributed by atoms with Gasteiger partial charge in [-0.05, 0) is 5.56 Å². The molecule has 1 aliphatic heterocycles. The van der Waals surface area contributed by atoms with Gasteiger partial charge in [-0.3, -0.25) is 4.79 Å². The summed E-state index contributed by atoms with van der Waals surface area (Å²) in [4.78, 5) is 22.6. The third-order valence-electron chi connectivity index (χ3n) is 2.61. The van der Waals surface area contributed by atoms with Crippen LogP contribution < -0.4 is 10.6 Å². The van der Waals surface area contributed by atoms with Crippen molar-refractivity contribution in [1.82, 2.24) is 10.6 Å². The van der Waals surface area contributed by atoms with Crippen molar-refractivity contribution in [2.75, 3.05) is 7.11 Å². The van der Waals surface area contributed by atoms with Gasteiger partial charge in [-0.25, -0.2) is 4.79 Å². The molecule has 1 aromatic carbocycles. The lowest BCUT2D eigenvalue weighted by atomic mass is 10.1. The van der Waals surface area contributed by atoms with Crippen LogP contribution in [-0.4, -0.2) is 31.4 Å². The zero-order chi connectivity index (χ0) is 13.0. The maximum absolute atomic E-state index is 11.5. The largest absolute Gasteiger partial charge is 0.445 e. The van der Waals surface area contributed by atoms with E-state index in [1.54, 1.807) is 0 Å². The molecule has 18 heavy (non-hydrogen) atoms. The number of ether oxygens (including phenoxy) is 2. The molecule has 0 aromatic heterocycles. The average molecular weight is 250 g/mol. The summed E-state index contributed by atoms with van der Waals surface area (Å²) >= 11 is 0. The Morgan fingerprint density at radius 3 is 2.72 bits per heavy atom. The standard InChI is InChI=1S/C12H14N2O4/c1-17-11-9(10(15)14-11)13-12(16)18-7-8-5-3-2-4-6-8/h2-6,9,11H,7H2,1H3,(H,13,16)(H,14,15)/t9-,11-/m0/s1. The highest BCUT2D eigenvalue weighted by Crippen LogP contribution is 2.07. The van der Waals surface area contributed by atoms with Crippen molar-refractivity contribution in [2.24, 2.45) is 0 Å². The molecule has 1 fully saturated rings. The Balaban J connectivity index is 1.77. The molecule has 1 aliphatic rings. The monoisotopic (exact) mass is 250 g/mol. The molecule has 96 valence electrons. The van der Waals surface area contributed by atoms with E-state index in [-0.39, 0.29) is 12.5 Å². The Bertz CT molecular complexity index is 435. The van der Waals surface area contributed by atoms with E-state index in [9.17, 15) is 9.59 Å². The molecule has 0 bridgehead atoms. The van der Waals surface area contributed by atoms with Crippen molar-refractivity contribution in [1.29, 1.82) is 0 Å². The van der Waals surface area contributed by atoms with Crippen LogP contribution in [0.3, 0.4) is 0 Å². The molecule has 6 nitrogen and oxygen atoms in total. The van der Waals surface area contributed by atoms with Gasteiger partial charge in [0.05, 0.1) is 0 Å². The van der Waals surface area contributed by atoms with Crippen LogP contribution in [0.4, 0.5) is 4.79 Å². The van der Waals surface area contributed by atoms with E-state index in [2.05, 4.69) is 10.6 Å². The highest BCUT2D eigenvalue weighted by molar-refractivity contribution is 5.91. The van der Waals surface area contributed by atoms with Crippen LogP contribution in [0.15, 0.2) is 30.3 Å². The number of hydrogen-bond acceptors (Lipinski definition) is 4. The minimum absolute atomic E-state index is 0.165. The van der Waals surface area contributed by atoms with Crippen molar-refractivity contribution in [3.05, 3.63) is 35.9 Å². The minimum Gasteiger partial charge on any atom is -0.445 e. The van der Waals surface area contributed by atoms with E-state index in [4.69, 9.17) is 9.47 Å². The van der Waals surface area contributed by atoms with Crippen molar-refractivity contribution < 1.29 is 19.1 Å².